The van der Waals surface area contributed by atoms with Crippen molar-refractivity contribution in [2.75, 3.05) is 13.1 Å². The first-order chi connectivity index (χ1) is 8.20. The minimum Gasteiger partial charge on any atom is -0.481 e. The van der Waals surface area contributed by atoms with Crippen molar-refractivity contribution in [2.24, 2.45) is 11.8 Å². The molecule has 0 aromatic rings. The van der Waals surface area contributed by atoms with Gasteiger partial charge >= 0.3 is 5.97 Å². The highest BCUT2D eigenvalue weighted by molar-refractivity contribution is 5.85. The van der Waals surface area contributed by atoms with Gasteiger partial charge < -0.3 is 10.0 Å². The van der Waals surface area contributed by atoms with Gasteiger partial charge in [-0.25, -0.2) is 0 Å². The van der Waals surface area contributed by atoms with Crippen molar-refractivity contribution in [1.82, 2.24) is 4.90 Å². The predicted molar refractivity (Wildman–Crippen MR) is 63.4 cm³/mol. The molecular formula is C13H19NO3. The standard InChI is InChI=1S/C13H19NO3/c15-12(14-8-4-1-5-9-14)10-6-2-3-7-11(10)13(16)17/h2-3,10-11H,1,4-9H2,(H,16,17)/t10-,11-/m0/s1. The molecule has 1 heterocycles. The van der Waals surface area contributed by atoms with E-state index in [2.05, 4.69) is 0 Å². The first-order valence-electron chi connectivity index (χ1n) is 6.36. The van der Waals surface area contributed by atoms with E-state index < -0.39 is 11.9 Å². The Kier molecular flexibility index (Phi) is 3.82. The largest absolute Gasteiger partial charge is 0.481 e. The Hall–Kier alpha value is -1.32. The van der Waals surface area contributed by atoms with E-state index >= 15 is 0 Å². The molecule has 2 atom stereocenters. The second kappa shape index (κ2) is 5.34. The molecule has 4 nitrogen and oxygen atoms in total. The lowest BCUT2D eigenvalue weighted by molar-refractivity contribution is -0.151. The van der Waals surface area contributed by atoms with Gasteiger partial charge in [-0.15, -0.1) is 0 Å². The predicted octanol–water partition coefficient (Wildman–Crippen LogP) is 1.67. The number of carboxylic acid groups (broad SMARTS) is 1. The van der Waals surface area contributed by atoms with Crippen LogP contribution in [-0.4, -0.2) is 35.0 Å². The highest BCUT2D eigenvalue weighted by Gasteiger charge is 2.36. The van der Waals surface area contributed by atoms with E-state index in [-0.39, 0.29) is 11.8 Å². The Balaban J connectivity index is 2.05. The lowest BCUT2D eigenvalue weighted by Gasteiger charge is -2.33. The average molecular weight is 237 g/mol. The first kappa shape index (κ1) is 12.1. The summed E-state index contributed by atoms with van der Waals surface area (Å²) in [6.07, 6.45) is 8.14. The van der Waals surface area contributed by atoms with Crippen LogP contribution in [0.2, 0.25) is 0 Å². The van der Waals surface area contributed by atoms with Crippen LogP contribution in [0.1, 0.15) is 32.1 Å². The van der Waals surface area contributed by atoms with E-state index in [4.69, 9.17) is 5.11 Å². The summed E-state index contributed by atoms with van der Waals surface area (Å²) in [6.45, 7) is 1.59. The van der Waals surface area contributed by atoms with Crippen molar-refractivity contribution in [2.45, 2.75) is 32.1 Å². The van der Waals surface area contributed by atoms with E-state index in [1.807, 2.05) is 17.1 Å². The number of amides is 1. The van der Waals surface area contributed by atoms with Crippen LogP contribution in [0, 0.1) is 11.8 Å². The average Bonchev–Trinajstić information content (AvgIpc) is 2.39. The van der Waals surface area contributed by atoms with Crippen LogP contribution in [0.5, 0.6) is 0 Å². The summed E-state index contributed by atoms with van der Waals surface area (Å²) in [5.41, 5.74) is 0. The third kappa shape index (κ3) is 2.68. The molecule has 2 rings (SSSR count). The summed E-state index contributed by atoms with van der Waals surface area (Å²) in [5.74, 6) is -1.68. The molecule has 1 fully saturated rings. The number of carbonyl (C=O) groups excluding carboxylic acids is 1. The van der Waals surface area contributed by atoms with Gasteiger partial charge in [-0.1, -0.05) is 12.2 Å². The summed E-state index contributed by atoms with van der Waals surface area (Å²) in [4.78, 5) is 25.3. The van der Waals surface area contributed by atoms with Crippen molar-refractivity contribution in [3.8, 4) is 0 Å². The van der Waals surface area contributed by atoms with E-state index in [1.54, 1.807) is 0 Å². The number of likely N-dealkylation sites (tertiary alicyclic amines) is 1. The van der Waals surface area contributed by atoms with E-state index in [0.29, 0.717) is 12.8 Å². The Morgan fingerprint density at radius 1 is 1.00 bits per heavy atom. The smallest absolute Gasteiger partial charge is 0.307 e. The van der Waals surface area contributed by atoms with E-state index in [1.165, 1.54) is 6.42 Å². The fourth-order valence-electron chi connectivity index (χ4n) is 2.71. The van der Waals surface area contributed by atoms with Crippen LogP contribution in [0.25, 0.3) is 0 Å². The van der Waals surface area contributed by atoms with Crippen LogP contribution in [0.4, 0.5) is 0 Å². The molecule has 0 saturated carbocycles. The number of hydrogen-bond acceptors (Lipinski definition) is 2. The van der Waals surface area contributed by atoms with Crippen molar-refractivity contribution in [3.63, 3.8) is 0 Å². The second-order valence-corrected chi connectivity index (χ2v) is 4.88. The zero-order valence-corrected chi connectivity index (χ0v) is 9.97. The summed E-state index contributed by atoms with van der Waals surface area (Å²) < 4.78 is 0. The lowest BCUT2D eigenvalue weighted by atomic mass is 9.82. The molecule has 4 heteroatoms. The number of carboxylic acids is 1. The Morgan fingerprint density at radius 3 is 2.18 bits per heavy atom. The van der Waals surface area contributed by atoms with Gasteiger partial charge in [0, 0.05) is 13.1 Å². The number of rotatable bonds is 2. The summed E-state index contributed by atoms with van der Waals surface area (Å²) >= 11 is 0. The number of hydrogen-bond donors (Lipinski definition) is 1. The topological polar surface area (TPSA) is 57.6 Å². The molecule has 0 bridgehead atoms. The SMILES string of the molecule is O=C(O)[C@H]1CC=CC[C@@H]1C(=O)N1CCCCC1. The Morgan fingerprint density at radius 2 is 1.59 bits per heavy atom. The van der Waals surface area contributed by atoms with Crippen molar-refractivity contribution in [3.05, 3.63) is 12.2 Å². The zero-order chi connectivity index (χ0) is 12.3. The van der Waals surface area contributed by atoms with E-state index in [0.717, 1.165) is 25.9 Å². The molecule has 1 N–H and O–H groups in total. The van der Waals surface area contributed by atoms with Gasteiger partial charge in [-0.2, -0.15) is 0 Å². The number of piperidine rings is 1. The zero-order valence-electron chi connectivity index (χ0n) is 9.97. The molecule has 1 amide bonds. The van der Waals surface area contributed by atoms with Crippen LogP contribution in [0.3, 0.4) is 0 Å². The second-order valence-electron chi connectivity index (χ2n) is 4.88. The van der Waals surface area contributed by atoms with Gasteiger partial charge in [0.25, 0.3) is 0 Å². The van der Waals surface area contributed by atoms with E-state index in [9.17, 15) is 9.59 Å². The van der Waals surface area contributed by atoms with Gasteiger partial charge in [0.05, 0.1) is 11.8 Å². The number of nitrogens with zero attached hydrogens (tertiary/aromatic N) is 1. The molecule has 94 valence electrons. The maximum atomic E-state index is 12.3. The Bertz CT molecular complexity index is 332. The molecule has 1 saturated heterocycles. The highest BCUT2D eigenvalue weighted by atomic mass is 16.4. The maximum Gasteiger partial charge on any atom is 0.307 e. The molecule has 0 aromatic carbocycles. The van der Waals surface area contributed by atoms with Crippen LogP contribution < -0.4 is 0 Å². The van der Waals surface area contributed by atoms with Gasteiger partial charge in [-0.05, 0) is 32.1 Å². The molecule has 2 aliphatic rings. The van der Waals surface area contributed by atoms with Crippen LogP contribution >= 0.6 is 0 Å². The number of allylic oxidation sites excluding steroid dienone is 2. The quantitative estimate of drug-likeness (QED) is 0.743. The third-order valence-corrected chi connectivity index (χ3v) is 3.73. The number of aliphatic carboxylic acids is 1. The molecule has 0 radical (unpaired) electrons. The molecule has 17 heavy (non-hydrogen) atoms. The molecule has 1 aliphatic heterocycles. The molecule has 0 unspecified atom stereocenters. The Labute approximate surface area is 101 Å². The highest BCUT2D eigenvalue weighted by Crippen LogP contribution is 2.28. The van der Waals surface area contributed by atoms with Crippen LogP contribution in [0.15, 0.2) is 12.2 Å². The van der Waals surface area contributed by atoms with Crippen molar-refractivity contribution < 1.29 is 14.7 Å². The monoisotopic (exact) mass is 237 g/mol. The minimum absolute atomic E-state index is 0.0430. The van der Waals surface area contributed by atoms with Gasteiger partial charge in [-0.3, -0.25) is 9.59 Å². The molecule has 0 spiro atoms. The van der Waals surface area contributed by atoms with Crippen LogP contribution in [-0.2, 0) is 9.59 Å². The molecule has 1 aliphatic carbocycles. The fourth-order valence-corrected chi connectivity index (χ4v) is 2.71. The fraction of sp³-hybridized carbons (Fsp3) is 0.692. The van der Waals surface area contributed by atoms with Gasteiger partial charge in [0.15, 0.2) is 0 Å². The number of carbonyl (C=O) groups is 2. The van der Waals surface area contributed by atoms with Crippen molar-refractivity contribution >= 4 is 11.9 Å². The summed E-state index contributed by atoms with van der Waals surface area (Å²) in [7, 11) is 0. The maximum absolute atomic E-state index is 12.3. The molecular weight excluding hydrogens is 218 g/mol. The minimum atomic E-state index is -0.843. The first-order valence-corrected chi connectivity index (χ1v) is 6.36. The van der Waals surface area contributed by atoms with Gasteiger partial charge in [0.1, 0.15) is 0 Å². The third-order valence-electron chi connectivity index (χ3n) is 3.73. The summed E-state index contributed by atoms with van der Waals surface area (Å²) in [5, 5.41) is 9.15. The lowest BCUT2D eigenvalue weighted by Crippen LogP contribution is -2.44. The van der Waals surface area contributed by atoms with Gasteiger partial charge in [0.2, 0.25) is 5.91 Å². The normalized spacial score (nSPS) is 29.1. The molecule has 0 aromatic heterocycles. The summed E-state index contributed by atoms with van der Waals surface area (Å²) in [6, 6.07) is 0. The van der Waals surface area contributed by atoms with Crippen molar-refractivity contribution in [1.29, 1.82) is 0 Å².